The third-order valence-corrected chi connectivity index (χ3v) is 5.56. The molecule has 12 nitrogen and oxygen atoms in total. The van der Waals surface area contributed by atoms with Gasteiger partial charge in [0.25, 0.3) is 0 Å². The molecule has 7 atom stereocenters. The van der Waals surface area contributed by atoms with E-state index in [0.29, 0.717) is 11.1 Å². The summed E-state index contributed by atoms with van der Waals surface area (Å²) in [4.78, 5) is 11.3. The van der Waals surface area contributed by atoms with Gasteiger partial charge in [0.15, 0.2) is 17.6 Å². The number of fused-ring (bicyclic) bond motifs is 1. The van der Waals surface area contributed by atoms with E-state index < -0.39 is 54.6 Å². The van der Waals surface area contributed by atoms with Crippen LogP contribution in [0.2, 0.25) is 0 Å². The van der Waals surface area contributed by atoms with E-state index in [4.69, 9.17) is 19.3 Å². The number of aliphatic hydroxyl groups is 4. The number of aliphatic hydroxyl groups excluding tert-OH is 4. The van der Waals surface area contributed by atoms with E-state index in [0.717, 1.165) is 6.07 Å². The quantitative estimate of drug-likeness (QED) is 0.276. The van der Waals surface area contributed by atoms with Gasteiger partial charge in [0.2, 0.25) is 6.29 Å². The van der Waals surface area contributed by atoms with E-state index in [1.807, 2.05) is 0 Å². The van der Waals surface area contributed by atoms with Gasteiger partial charge in [0.1, 0.15) is 41.7 Å². The minimum absolute atomic E-state index is 0.00198. The molecule has 0 spiro atoms. The molecule has 0 amide bonds. The molecule has 178 valence electrons. The Labute approximate surface area is 186 Å². The smallest absolute Gasteiger partial charge is 0.335 e. The number of phenolic OH excluding ortho intramolecular Hbond substituents is 3. The van der Waals surface area contributed by atoms with E-state index in [-0.39, 0.29) is 29.4 Å². The number of carbonyl (C=O) groups is 1. The van der Waals surface area contributed by atoms with Gasteiger partial charge in [-0.2, -0.15) is 0 Å². The van der Waals surface area contributed by atoms with Crippen molar-refractivity contribution < 1.29 is 59.9 Å². The summed E-state index contributed by atoms with van der Waals surface area (Å²) >= 11 is 0. The van der Waals surface area contributed by atoms with Crippen LogP contribution in [-0.2, 0) is 16.0 Å². The third kappa shape index (κ3) is 4.21. The lowest BCUT2D eigenvalue weighted by Crippen LogP contribution is -2.61. The standard InChI is InChI=1S/C21H22O12/c22-8-4-11(24)9-6-12(25)18(31-13(9)5-8)7-1-2-10(23)14(3-7)32-21-17(28)15(26)16(27)19(33-21)20(29)30/h1-5,12,15-19,21-28H,6H2,(H,29,30)/t12-,15?,16+,17+,18-,19?,21-/m1/s1. The average molecular weight is 466 g/mol. The Bertz CT molecular complexity index is 1060. The first-order valence-corrected chi connectivity index (χ1v) is 9.88. The van der Waals surface area contributed by atoms with Gasteiger partial charge in [-0.25, -0.2) is 4.79 Å². The highest BCUT2D eigenvalue weighted by Crippen LogP contribution is 2.43. The van der Waals surface area contributed by atoms with Crippen molar-refractivity contribution in [3.05, 3.63) is 41.5 Å². The summed E-state index contributed by atoms with van der Waals surface area (Å²) in [6.45, 7) is 0. The summed E-state index contributed by atoms with van der Waals surface area (Å²) in [5.74, 6) is -2.65. The van der Waals surface area contributed by atoms with Gasteiger partial charge in [-0.05, 0) is 17.7 Å². The summed E-state index contributed by atoms with van der Waals surface area (Å²) < 4.78 is 16.2. The zero-order valence-electron chi connectivity index (χ0n) is 16.8. The minimum Gasteiger partial charge on any atom is -0.508 e. The van der Waals surface area contributed by atoms with Crippen LogP contribution in [0.4, 0.5) is 0 Å². The lowest BCUT2D eigenvalue weighted by Gasteiger charge is -2.38. The van der Waals surface area contributed by atoms with Crippen LogP contribution in [-0.4, -0.2) is 83.6 Å². The van der Waals surface area contributed by atoms with E-state index in [9.17, 15) is 40.5 Å². The summed E-state index contributed by atoms with van der Waals surface area (Å²) in [5.41, 5.74) is 0.599. The van der Waals surface area contributed by atoms with Crippen LogP contribution in [0.5, 0.6) is 28.7 Å². The Hall–Kier alpha value is -3.29. The van der Waals surface area contributed by atoms with Gasteiger partial charge in [0, 0.05) is 24.1 Å². The number of rotatable bonds is 4. The number of carboxylic acids is 1. The number of benzene rings is 2. The molecule has 2 heterocycles. The van der Waals surface area contributed by atoms with Gasteiger partial charge < -0.3 is 55.1 Å². The molecule has 0 aliphatic carbocycles. The van der Waals surface area contributed by atoms with Crippen molar-refractivity contribution in [1.82, 2.24) is 0 Å². The molecule has 0 saturated carbocycles. The summed E-state index contributed by atoms with van der Waals surface area (Å²) in [6.07, 6.45) is -11.4. The molecule has 0 aromatic heterocycles. The Morgan fingerprint density at radius 1 is 0.939 bits per heavy atom. The highest BCUT2D eigenvalue weighted by molar-refractivity contribution is 5.73. The van der Waals surface area contributed by atoms with E-state index >= 15 is 0 Å². The second kappa shape index (κ2) is 8.57. The van der Waals surface area contributed by atoms with Crippen molar-refractivity contribution >= 4 is 5.97 Å². The van der Waals surface area contributed by atoms with Crippen molar-refractivity contribution in [2.24, 2.45) is 0 Å². The van der Waals surface area contributed by atoms with E-state index in [1.165, 1.54) is 24.3 Å². The predicted molar refractivity (Wildman–Crippen MR) is 106 cm³/mol. The second-order valence-electron chi connectivity index (χ2n) is 7.83. The fourth-order valence-electron chi connectivity index (χ4n) is 3.83. The Morgan fingerprint density at radius 2 is 1.67 bits per heavy atom. The minimum atomic E-state index is -1.91. The molecule has 4 rings (SSSR count). The zero-order chi connectivity index (χ0) is 24.0. The Kier molecular flexibility index (Phi) is 5.95. The van der Waals surface area contributed by atoms with Gasteiger partial charge in [-0.15, -0.1) is 0 Å². The first-order valence-electron chi connectivity index (χ1n) is 9.88. The maximum absolute atomic E-state index is 11.3. The largest absolute Gasteiger partial charge is 0.508 e. The molecule has 8 N–H and O–H groups in total. The van der Waals surface area contributed by atoms with Crippen molar-refractivity contribution in [2.75, 3.05) is 0 Å². The Balaban J connectivity index is 1.60. The van der Waals surface area contributed by atoms with Gasteiger partial charge in [-0.1, -0.05) is 6.07 Å². The van der Waals surface area contributed by atoms with Gasteiger partial charge in [-0.3, -0.25) is 0 Å². The summed E-state index contributed by atoms with van der Waals surface area (Å²) in [6, 6.07) is 6.26. The fourth-order valence-corrected chi connectivity index (χ4v) is 3.83. The monoisotopic (exact) mass is 466 g/mol. The molecule has 2 aliphatic rings. The average Bonchev–Trinajstić information content (AvgIpc) is 2.75. The number of phenols is 3. The number of ether oxygens (including phenoxy) is 3. The lowest BCUT2D eigenvalue weighted by atomic mass is 9.94. The first kappa shape index (κ1) is 22.9. The molecule has 12 heteroatoms. The van der Waals surface area contributed by atoms with Crippen molar-refractivity contribution in [2.45, 2.75) is 49.3 Å². The number of hydrogen-bond acceptors (Lipinski definition) is 11. The molecule has 0 radical (unpaired) electrons. The SMILES string of the molecule is O=C(O)C1O[C@@H](Oc2cc([C@H]3Oc4cc(O)cc(O)c4C[C@H]3O)ccc2O)[C@@H](O)C(O)[C@@H]1O. The molecule has 2 aromatic carbocycles. The molecule has 33 heavy (non-hydrogen) atoms. The van der Waals surface area contributed by atoms with Crippen molar-refractivity contribution in [1.29, 1.82) is 0 Å². The maximum atomic E-state index is 11.3. The molecule has 1 fully saturated rings. The van der Waals surface area contributed by atoms with Crippen LogP contribution >= 0.6 is 0 Å². The highest BCUT2D eigenvalue weighted by Gasteiger charge is 2.48. The normalized spacial score (nSPS) is 31.3. The number of carboxylic acid groups (broad SMARTS) is 1. The summed E-state index contributed by atoms with van der Waals surface area (Å²) in [7, 11) is 0. The fraction of sp³-hybridized carbons (Fsp3) is 0.381. The topological polar surface area (TPSA) is 207 Å². The number of aliphatic carboxylic acids is 1. The molecular weight excluding hydrogens is 444 g/mol. The molecule has 2 aromatic rings. The molecule has 2 aliphatic heterocycles. The lowest BCUT2D eigenvalue weighted by molar-refractivity contribution is -0.271. The molecule has 2 unspecified atom stereocenters. The molecular formula is C21H22O12. The molecule has 1 saturated heterocycles. The van der Waals surface area contributed by atoms with Gasteiger partial charge >= 0.3 is 5.97 Å². The maximum Gasteiger partial charge on any atom is 0.335 e. The van der Waals surface area contributed by atoms with E-state index in [2.05, 4.69) is 0 Å². The highest BCUT2D eigenvalue weighted by atomic mass is 16.7. The predicted octanol–water partition coefficient (Wildman–Crippen LogP) is -0.889. The Morgan fingerprint density at radius 3 is 2.36 bits per heavy atom. The van der Waals surface area contributed by atoms with Crippen molar-refractivity contribution in [3.8, 4) is 28.7 Å². The number of hydrogen-bond donors (Lipinski definition) is 8. The third-order valence-electron chi connectivity index (χ3n) is 5.56. The molecule has 0 bridgehead atoms. The second-order valence-corrected chi connectivity index (χ2v) is 7.83. The van der Waals surface area contributed by atoms with Crippen LogP contribution in [0.25, 0.3) is 0 Å². The van der Waals surface area contributed by atoms with Crippen molar-refractivity contribution in [3.63, 3.8) is 0 Å². The number of aromatic hydroxyl groups is 3. The van der Waals surface area contributed by atoms with E-state index in [1.54, 1.807) is 0 Å². The summed E-state index contributed by atoms with van der Waals surface area (Å²) in [5, 5.41) is 79.4. The van der Waals surface area contributed by atoms with Crippen LogP contribution in [0, 0.1) is 0 Å². The van der Waals surface area contributed by atoms with Crippen LogP contribution in [0.1, 0.15) is 17.2 Å². The van der Waals surface area contributed by atoms with Gasteiger partial charge in [0.05, 0.1) is 6.10 Å². The van der Waals surface area contributed by atoms with Crippen LogP contribution in [0.15, 0.2) is 30.3 Å². The van der Waals surface area contributed by atoms with Crippen LogP contribution in [0.3, 0.4) is 0 Å². The van der Waals surface area contributed by atoms with Crippen LogP contribution < -0.4 is 9.47 Å². The first-order chi connectivity index (χ1) is 15.6. The zero-order valence-corrected chi connectivity index (χ0v) is 16.8.